The molecule has 0 aliphatic carbocycles. The van der Waals surface area contributed by atoms with Crippen molar-refractivity contribution in [3.63, 3.8) is 0 Å². The summed E-state index contributed by atoms with van der Waals surface area (Å²) in [4.78, 5) is 22.8. The van der Waals surface area contributed by atoms with Gasteiger partial charge in [-0.3, -0.25) is 10.1 Å². The van der Waals surface area contributed by atoms with Crippen LogP contribution < -0.4 is 10.1 Å². The second-order valence-electron chi connectivity index (χ2n) is 11.3. The van der Waals surface area contributed by atoms with Crippen LogP contribution in [0.2, 0.25) is 0 Å². The van der Waals surface area contributed by atoms with E-state index < -0.39 is 0 Å². The number of H-pyrrole nitrogens is 1. The first-order chi connectivity index (χ1) is 18.3. The van der Waals surface area contributed by atoms with Crippen molar-refractivity contribution in [2.75, 3.05) is 40.0 Å². The number of carbonyl (C=O) groups excluding carboxylic acids is 1. The minimum Gasteiger partial charge on any atom is -0.493 e. The van der Waals surface area contributed by atoms with Gasteiger partial charge in [-0.15, -0.1) is 0 Å². The summed E-state index contributed by atoms with van der Waals surface area (Å²) in [5.74, 6) is 1.64. The molecule has 2 aliphatic rings. The van der Waals surface area contributed by atoms with Gasteiger partial charge in [0.25, 0.3) is 0 Å². The van der Waals surface area contributed by atoms with E-state index in [9.17, 15) is 4.79 Å². The maximum absolute atomic E-state index is 12.8. The molecule has 0 saturated carbocycles. The summed E-state index contributed by atoms with van der Waals surface area (Å²) in [6.07, 6.45) is 5.50. The zero-order chi connectivity index (χ0) is 26.4. The van der Waals surface area contributed by atoms with Gasteiger partial charge in [-0.05, 0) is 60.9 Å². The van der Waals surface area contributed by atoms with Crippen LogP contribution in [0.15, 0.2) is 36.8 Å². The van der Waals surface area contributed by atoms with E-state index in [0.29, 0.717) is 43.0 Å². The van der Waals surface area contributed by atoms with E-state index in [1.807, 2.05) is 17.2 Å². The summed E-state index contributed by atoms with van der Waals surface area (Å²) < 4.78 is 12.7. The van der Waals surface area contributed by atoms with Crippen molar-refractivity contribution in [3.05, 3.63) is 47.9 Å². The lowest BCUT2D eigenvalue weighted by molar-refractivity contribution is -0.133. The fourth-order valence-electron chi connectivity index (χ4n) is 5.87. The van der Waals surface area contributed by atoms with Crippen LogP contribution >= 0.6 is 0 Å². The van der Waals surface area contributed by atoms with Crippen molar-refractivity contribution in [1.82, 2.24) is 29.8 Å². The predicted molar refractivity (Wildman–Crippen MR) is 147 cm³/mol. The fraction of sp³-hybridized carbons (Fsp3) is 0.483. The number of nitrogens with one attached hydrogen (secondary N) is 2. The van der Waals surface area contributed by atoms with Gasteiger partial charge in [0.05, 0.1) is 38.1 Å². The second kappa shape index (κ2) is 9.71. The van der Waals surface area contributed by atoms with Crippen LogP contribution in [-0.2, 0) is 9.53 Å². The predicted octanol–water partition coefficient (Wildman–Crippen LogP) is 4.09. The van der Waals surface area contributed by atoms with Crippen LogP contribution in [0.1, 0.15) is 56.6 Å². The number of aromatic nitrogens is 4. The van der Waals surface area contributed by atoms with E-state index in [-0.39, 0.29) is 11.4 Å². The molecule has 1 aromatic carbocycles. The van der Waals surface area contributed by atoms with Crippen molar-refractivity contribution in [2.45, 2.75) is 51.0 Å². The Morgan fingerprint density at radius 2 is 2.05 bits per heavy atom. The normalized spacial score (nSPS) is 17.9. The Labute approximate surface area is 222 Å². The van der Waals surface area contributed by atoms with Gasteiger partial charge in [-0.1, -0.05) is 19.9 Å². The third kappa shape index (κ3) is 4.43. The minimum absolute atomic E-state index is 0.0565. The number of methoxy groups -OCH3 is 1. The average molecular weight is 517 g/mol. The van der Waals surface area contributed by atoms with Crippen molar-refractivity contribution < 1.29 is 14.3 Å². The highest BCUT2D eigenvalue weighted by Gasteiger charge is 2.34. The number of amides is 1. The quantitative estimate of drug-likeness (QED) is 0.384. The molecule has 0 radical (unpaired) electrons. The van der Waals surface area contributed by atoms with Crippen molar-refractivity contribution in [2.24, 2.45) is 0 Å². The number of rotatable bonds is 7. The Hall–Kier alpha value is -3.43. The summed E-state index contributed by atoms with van der Waals surface area (Å²) in [6.45, 7) is 9.89. The number of pyridine rings is 1. The average Bonchev–Trinajstić information content (AvgIpc) is 3.54. The first-order valence-electron chi connectivity index (χ1n) is 13.5. The van der Waals surface area contributed by atoms with Crippen LogP contribution in [0, 0.1) is 0 Å². The fourth-order valence-corrected chi connectivity index (χ4v) is 5.87. The van der Waals surface area contributed by atoms with Gasteiger partial charge in [0.2, 0.25) is 5.91 Å². The summed E-state index contributed by atoms with van der Waals surface area (Å²) >= 11 is 0. The van der Waals surface area contributed by atoms with E-state index in [1.54, 1.807) is 18.0 Å². The Bertz CT molecular complexity index is 1480. The molecule has 9 nitrogen and oxygen atoms in total. The number of aromatic amines is 1. The molecule has 2 fully saturated rings. The van der Waals surface area contributed by atoms with Crippen LogP contribution in [0.3, 0.4) is 0 Å². The number of piperidine rings is 1. The molecule has 2 N–H and O–H groups in total. The molecule has 200 valence electrons. The summed E-state index contributed by atoms with van der Waals surface area (Å²) in [7, 11) is 1.66. The van der Waals surface area contributed by atoms with Gasteiger partial charge in [0.15, 0.2) is 11.4 Å². The van der Waals surface area contributed by atoms with Gasteiger partial charge >= 0.3 is 0 Å². The minimum atomic E-state index is -0.0565. The first-order valence-corrected chi connectivity index (χ1v) is 13.5. The molecule has 2 saturated heterocycles. The largest absolute Gasteiger partial charge is 0.493 e. The maximum atomic E-state index is 12.8. The number of benzene rings is 1. The van der Waals surface area contributed by atoms with Crippen LogP contribution in [0.25, 0.3) is 27.8 Å². The van der Waals surface area contributed by atoms with Gasteiger partial charge in [0, 0.05) is 35.8 Å². The maximum Gasteiger partial charge on any atom is 0.236 e. The Morgan fingerprint density at radius 1 is 1.26 bits per heavy atom. The second-order valence-corrected chi connectivity index (χ2v) is 11.3. The molecule has 2 aliphatic heterocycles. The Morgan fingerprint density at radius 3 is 2.74 bits per heavy atom. The lowest BCUT2D eigenvalue weighted by Gasteiger charge is -2.39. The molecule has 0 bridgehead atoms. The lowest BCUT2D eigenvalue weighted by Crippen LogP contribution is -2.60. The van der Waals surface area contributed by atoms with E-state index in [1.165, 1.54) is 16.5 Å². The van der Waals surface area contributed by atoms with E-state index in [4.69, 9.17) is 9.47 Å². The molecular formula is C29H36N6O3. The van der Waals surface area contributed by atoms with Crippen LogP contribution in [0.4, 0.5) is 0 Å². The molecule has 4 aromatic rings. The number of ether oxygens (including phenoxy) is 2. The highest BCUT2D eigenvalue weighted by Crippen LogP contribution is 2.39. The molecule has 6 rings (SSSR count). The molecular weight excluding hydrogens is 480 g/mol. The van der Waals surface area contributed by atoms with Crippen molar-refractivity contribution >= 4 is 22.5 Å². The monoisotopic (exact) mass is 516 g/mol. The molecule has 0 atom stereocenters. The first kappa shape index (κ1) is 24.9. The molecule has 3 aromatic heterocycles. The number of carbonyl (C=O) groups is 1. The highest BCUT2D eigenvalue weighted by molar-refractivity contribution is 5.92. The van der Waals surface area contributed by atoms with E-state index in [0.717, 1.165) is 42.7 Å². The summed E-state index contributed by atoms with van der Waals surface area (Å²) in [5, 5.41) is 8.96. The topological polar surface area (TPSA) is 96.8 Å². The molecule has 0 unspecified atom stereocenters. The molecule has 9 heteroatoms. The molecule has 38 heavy (non-hydrogen) atoms. The lowest BCUT2D eigenvalue weighted by atomic mass is 9.87. The van der Waals surface area contributed by atoms with Gasteiger partial charge < -0.3 is 19.4 Å². The van der Waals surface area contributed by atoms with E-state index in [2.05, 4.69) is 59.4 Å². The standard InChI is InChI=1S/C29H36N6O3/c1-18(2)26-22-11-20(19-7-9-34(10-8-19)25(36)13-31-29(3)15-38-16-29)5-6-23(22)33-27(26)21-12-24(37-4)28-30-17-32-35(28)14-21/h5-6,11-12,14,17-19,31,33H,7-10,13,15-16H2,1-4H3. The summed E-state index contributed by atoms with van der Waals surface area (Å²) in [5.41, 5.74) is 6.50. The van der Waals surface area contributed by atoms with Crippen molar-refractivity contribution in [1.29, 1.82) is 0 Å². The van der Waals surface area contributed by atoms with E-state index >= 15 is 0 Å². The SMILES string of the molecule is COc1cc(-c2[nH]c3ccc(C4CCN(C(=O)CNC5(C)COC5)CC4)cc3c2C(C)C)cn2ncnc12. The molecule has 1 amide bonds. The van der Waals surface area contributed by atoms with Crippen molar-refractivity contribution in [3.8, 4) is 17.0 Å². The molecule has 0 spiro atoms. The zero-order valence-corrected chi connectivity index (χ0v) is 22.6. The van der Waals surface area contributed by atoms with Gasteiger partial charge in [-0.25, -0.2) is 9.50 Å². The number of hydrogen-bond donors (Lipinski definition) is 2. The number of likely N-dealkylation sites (tertiary alicyclic amines) is 1. The number of fused-ring (bicyclic) bond motifs is 2. The van der Waals surface area contributed by atoms with Crippen LogP contribution in [-0.4, -0.2) is 75.9 Å². The Kier molecular flexibility index (Phi) is 6.36. The highest BCUT2D eigenvalue weighted by atomic mass is 16.5. The van der Waals surface area contributed by atoms with Crippen LogP contribution in [0.5, 0.6) is 5.75 Å². The van der Waals surface area contributed by atoms with Gasteiger partial charge in [0.1, 0.15) is 6.33 Å². The molecule has 5 heterocycles. The van der Waals surface area contributed by atoms with Gasteiger partial charge in [-0.2, -0.15) is 5.10 Å². The number of hydrogen-bond acceptors (Lipinski definition) is 6. The zero-order valence-electron chi connectivity index (χ0n) is 22.6. The number of nitrogens with zero attached hydrogens (tertiary/aromatic N) is 4. The summed E-state index contributed by atoms with van der Waals surface area (Å²) in [6, 6.07) is 8.83. The third-order valence-electron chi connectivity index (χ3n) is 8.12. The smallest absolute Gasteiger partial charge is 0.236 e. The third-order valence-corrected chi connectivity index (χ3v) is 8.12. The Balaban J connectivity index is 1.23.